The van der Waals surface area contributed by atoms with Crippen molar-refractivity contribution in [2.45, 2.75) is 57.4 Å². The first-order valence-corrected chi connectivity index (χ1v) is 11.4. The fourth-order valence-corrected chi connectivity index (χ4v) is 4.44. The predicted molar refractivity (Wildman–Crippen MR) is 106 cm³/mol. The number of halogens is 1. The summed E-state index contributed by atoms with van der Waals surface area (Å²) in [4.78, 5) is 26.6. The van der Waals surface area contributed by atoms with Crippen molar-refractivity contribution < 1.29 is 19.3 Å². The van der Waals surface area contributed by atoms with Gasteiger partial charge in [0.05, 0.1) is 24.3 Å². The van der Waals surface area contributed by atoms with Crippen molar-refractivity contribution in [3.05, 3.63) is 11.5 Å². The van der Waals surface area contributed by atoms with Gasteiger partial charge in [0, 0.05) is 6.04 Å². The lowest BCUT2D eigenvalue weighted by molar-refractivity contribution is -0.0384. The van der Waals surface area contributed by atoms with Crippen molar-refractivity contribution >= 4 is 36.8 Å². The number of hydrogen-bond donors (Lipinski definition) is 3. The van der Waals surface area contributed by atoms with E-state index in [1.165, 1.54) is 12.8 Å². The molecule has 3 N–H and O–H groups in total. The van der Waals surface area contributed by atoms with Crippen molar-refractivity contribution in [2.24, 2.45) is 5.92 Å². The number of rotatable bonds is 7. The van der Waals surface area contributed by atoms with E-state index in [0.717, 1.165) is 30.5 Å². The number of aromatic nitrogens is 4. The minimum Gasteiger partial charge on any atom is -0.369 e. The molecule has 2 aliphatic rings. The van der Waals surface area contributed by atoms with E-state index in [0.29, 0.717) is 24.2 Å². The Morgan fingerprint density at radius 2 is 2.18 bits per heavy atom. The van der Waals surface area contributed by atoms with Crippen LogP contribution in [0.15, 0.2) is 6.20 Å². The SMILES string of the molecule is CC1CCCC1Nc1nc(Cl)nc2c1cnn2C1CCC(COCP(O)O)O1. The summed E-state index contributed by atoms with van der Waals surface area (Å²) >= 11 is 6.20. The highest BCUT2D eigenvalue weighted by atomic mass is 35.5. The lowest BCUT2D eigenvalue weighted by Gasteiger charge is -2.19. The molecule has 0 radical (unpaired) electrons. The van der Waals surface area contributed by atoms with Crippen LogP contribution < -0.4 is 5.32 Å². The predicted octanol–water partition coefficient (Wildman–Crippen LogP) is 3.03. The second-order valence-corrected chi connectivity index (χ2v) is 8.83. The third kappa shape index (κ3) is 4.40. The largest absolute Gasteiger partial charge is 0.369 e. The highest BCUT2D eigenvalue weighted by molar-refractivity contribution is 7.44. The summed E-state index contributed by atoms with van der Waals surface area (Å²) < 4.78 is 13.0. The van der Waals surface area contributed by atoms with Crippen molar-refractivity contribution in [3.8, 4) is 0 Å². The zero-order valence-corrected chi connectivity index (χ0v) is 17.3. The summed E-state index contributed by atoms with van der Waals surface area (Å²) in [5.41, 5.74) is 0.647. The van der Waals surface area contributed by atoms with E-state index in [1.807, 2.05) is 0 Å². The van der Waals surface area contributed by atoms with Gasteiger partial charge in [-0.2, -0.15) is 15.1 Å². The van der Waals surface area contributed by atoms with E-state index < -0.39 is 8.38 Å². The Labute approximate surface area is 169 Å². The zero-order valence-electron chi connectivity index (χ0n) is 15.7. The average molecular weight is 430 g/mol. The standard InChI is InChI=1S/C17H25ClN5O4P/c1-10-3-2-4-13(10)20-15-12-7-19-23(16(12)22-17(18)21-15)14-6-5-11(27-14)8-26-9-28(24)25/h7,10-11,13-14,24-25H,2-6,8-9H2,1H3,(H,20,21,22). The Morgan fingerprint density at radius 1 is 1.32 bits per heavy atom. The van der Waals surface area contributed by atoms with Crippen LogP contribution in [-0.2, 0) is 9.47 Å². The molecule has 154 valence electrons. The Morgan fingerprint density at radius 3 is 2.93 bits per heavy atom. The minimum atomic E-state index is -2.04. The number of ether oxygens (including phenoxy) is 2. The zero-order chi connectivity index (χ0) is 19.7. The quantitative estimate of drug-likeness (QED) is 0.454. The van der Waals surface area contributed by atoms with Gasteiger partial charge < -0.3 is 24.6 Å². The molecule has 4 atom stereocenters. The second kappa shape index (κ2) is 8.73. The summed E-state index contributed by atoms with van der Waals surface area (Å²) in [5, 5.41) is 9.03. The van der Waals surface area contributed by atoms with Crippen LogP contribution in [0.25, 0.3) is 11.0 Å². The first-order chi connectivity index (χ1) is 13.5. The van der Waals surface area contributed by atoms with Gasteiger partial charge in [-0.25, -0.2) is 4.68 Å². The number of nitrogens with zero attached hydrogens (tertiary/aromatic N) is 4. The Bertz CT molecular complexity index is 822. The molecule has 28 heavy (non-hydrogen) atoms. The maximum atomic E-state index is 8.92. The molecule has 0 aromatic carbocycles. The molecule has 1 saturated carbocycles. The average Bonchev–Trinajstić information content (AvgIpc) is 3.35. The number of hydrogen-bond acceptors (Lipinski definition) is 8. The van der Waals surface area contributed by atoms with Crippen molar-refractivity contribution in [2.75, 3.05) is 18.3 Å². The van der Waals surface area contributed by atoms with Crippen LogP contribution in [-0.4, -0.2) is 54.6 Å². The van der Waals surface area contributed by atoms with E-state index >= 15 is 0 Å². The van der Waals surface area contributed by atoms with E-state index in [1.54, 1.807) is 10.9 Å². The lowest BCUT2D eigenvalue weighted by atomic mass is 10.1. The van der Waals surface area contributed by atoms with Crippen LogP contribution in [0.2, 0.25) is 5.28 Å². The number of anilines is 1. The van der Waals surface area contributed by atoms with Gasteiger partial charge in [0.25, 0.3) is 0 Å². The lowest BCUT2D eigenvalue weighted by Crippen LogP contribution is -2.22. The van der Waals surface area contributed by atoms with Gasteiger partial charge in [0.15, 0.2) is 20.3 Å². The molecular formula is C17H25ClN5O4P. The molecule has 4 rings (SSSR count). The van der Waals surface area contributed by atoms with Gasteiger partial charge in [-0.15, -0.1) is 0 Å². The molecular weight excluding hydrogens is 405 g/mol. The van der Waals surface area contributed by atoms with E-state index in [9.17, 15) is 0 Å². The molecule has 2 aromatic heterocycles. The summed E-state index contributed by atoms with van der Waals surface area (Å²) in [6.07, 6.45) is 6.42. The molecule has 11 heteroatoms. The Balaban J connectivity index is 1.50. The van der Waals surface area contributed by atoms with E-state index in [4.69, 9.17) is 30.9 Å². The fourth-order valence-electron chi connectivity index (χ4n) is 4.01. The highest BCUT2D eigenvalue weighted by Gasteiger charge is 2.30. The van der Waals surface area contributed by atoms with Gasteiger partial charge >= 0.3 is 0 Å². The summed E-state index contributed by atoms with van der Waals surface area (Å²) in [7, 11) is -2.04. The molecule has 0 spiro atoms. The Kier molecular flexibility index (Phi) is 6.30. The van der Waals surface area contributed by atoms with Crippen molar-refractivity contribution in [3.63, 3.8) is 0 Å². The molecule has 9 nitrogen and oxygen atoms in total. The summed E-state index contributed by atoms with van der Waals surface area (Å²) in [6.45, 7) is 2.57. The molecule has 3 heterocycles. The van der Waals surface area contributed by atoms with E-state index in [2.05, 4.69) is 27.3 Å². The van der Waals surface area contributed by atoms with Gasteiger partial charge in [0.1, 0.15) is 12.2 Å². The molecule has 0 amide bonds. The van der Waals surface area contributed by atoms with Crippen molar-refractivity contribution in [1.82, 2.24) is 19.7 Å². The normalized spacial score (nSPS) is 27.9. The van der Waals surface area contributed by atoms with Gasteiger partial charge in [0.2, 0.25) is 5.28 Å². The topological polar surface area (TPSA) is 115 Å². The number of nitrogens with one attached hydrogen (secondary N) is 1. The maximum Gasteiger partial charge on any atom is 0.226 e. The molecule has 4 unspecified atom stereocenters. The minimum absolute atomic E-state index is 0.0674. The van der Waals surface area contributed by atoms with E-state index in [-0.39, 0.29) is 24.0 Å². The van der Waals surface area contributed by atoms with Crippen molar-refractivity contribution in [1.29, 1.82) is 0 Å². The molecule has 2 aromatic rings. The van der Waals surface area contributed by atoms with Crippen LogP contribution in [0.5, 0.6) is 0 Å². The van der Waals surface area contributed by atoms with Crippen LogP contribution in [0.4, 0.5) is 5.82 Å². The third-order valence-electron chi connectivity index (χ3n) is 5.48. The summed E-state index contributed by atoms with van der Waals surface area (Å²) in [6, 6.07) is 0.380. The Hall–Kier alpha value is -1.09. The third-order valence-corrected chi connectivity index (χ3v) is 6.06. The highest BCUT2D eigenvalue weighted by Crippen LogP contribution is 2.34. The fraction of sp³-hybridized carbons (Fsp3) is 0.706. The first kappa shape index (κ1) is 20.2. The van der Waals surface area contributed by atoms with Crippen LogP contribution in [0.1, 0.15) is 45.3 Å². The summed E-state index contributed by atoms with van der Waals surface area (Å²) in [5.74, 6) is 1.31. The number of fused-ring (bicyclic) bond motifs is 1. The molecule has 1 aliphatic carbocycles. The van der Waals surface area contributed by atoms with Crippen LogP contribution in [0.3, 0.4) is 0 Å². The maximum absolute atomic E-state index is 8.92. The van der Waals surface area contributed by atoms with Crippen LogP contribution >= 0.6 is 20.0 Å². The van der Waals surface area contributed by atoms with Gasteiger partial charge in [-0.05, 0) is 43.2 Å². The molecule has 0 bridgehead atoms. The first-order valence-electron chi connectivity index (χ1n) is 9.57. The second-order valence-electron chi connectivity index (χ2n) is 7.49. The smallest absolute Gasteiger partial charge is 0.226 e. The van der Waals surface area contributed by atoms with Gasteiger partial charge in [-0.3, -0.25) is 0 Å². The molecule has 2 fully saturated rings. The van der Waals surface area contributed by atoms with Crippen LogP contribution in [0, 0.1) is 5.92 Å². The monoisotopic (exact) mass is 429 g/mol. The molecule has 1 aliphatic heterocycles. The molecule has 1 saturated heterocycles. The van der Waals surface area contributed by atoms with Gasteiger partial charge in [-0.1, -0.05) is 13.3 Å².